The van der Waals surface area contributed by atoms with E-state index >= 15 is 0 Å². The molecule has 3 heterocycles. The van der Waals surface area contributed by atoms with Crippen LogP contribution in [0.1, 0.15) is 49.2 Å². The number of benzene rings is 1. The summed E-state index contributed by atoms with van der Waals surface area (Å²) in [6, 6.07) is 5.03. The predicted octanol–water partition coefficient (Wildman–Crippen LogP) is 4.94. The summed E-state index contributed by atoms with van der Waals surface area (Å²) < 4.78 is 7.03. The van der Waals surface area contributed by atoms with Crippen LogP contribution in [-0.4, -0.2) is 38.1 Å². The Balaban J connectivity index is 1.57. The van der Waals surface area contributed by atoms with E-state index < -0.39 is 11.7 Å². The molecule has 0 saturated carbocycles. The van der Waals surface area contributed by atoms with Crippen molar-refractivity contribution < 1.29 is 14.3 Å². The van der Waals surface area contributed by atoms with Gasteiger partial charge in [-0.25, -0.2) is 9.78 Å². The van der Waals surface area contributed by atoms with Crippen molar-refractivity contribution in [2.45, 2.75) is 43.7 Å². The number of hydrogen-bond donors (Lipinski definition) is 2. The number of alkyl carbamates (subject to hydrolysis) is 1. The summed E-state index contributed by atoms with van der Waals surface area (Å²) >= 11 is 8.14. The van der Waals surface area contributed by atoms with Crippen LogP contribution in [0.25, 0.3) is 11.0 Å². The van der Waals surface area contributed by atoms with Crippen LogP contribution in [0, 0.1) is 0 Å². The topological polar surface area (TPSA) is 98.1 Å². The lowest BCUT2D eigenvalue weighted by atomic mass is 10.0. The lowest BCUT2D eigenvalue weighted by molar-refractivity contribution is 0.0501. The third-order valence-corrected chi connectivity index (χ3v) is 6.38. The molecule has 0 aliphatic carbocycles. The van der Waals surface area contributed by atoms with Gasteiger partial charge in [-0.2, -0.15) is 5.10 Å². The van der Waals surface area contributed by atoms with E-state index in [1.54, 1.807) is 54.1 Å². The van der Waals surface area contributed by atoms with Gasteiger partial charge in [-0.1, -0.05) is 11.6 Å². The molecule has 8 nitrogen and oxygen atoms in total. The number of nitrogens with one attached hydrogen (secondary N) is 2. The fourth-order valence-corrected chi connectivity index (χ4v) is 4.93. The molecule has 1 atom stereocenters. The smallest absolute Gasteiger partial charge is 0.408 e. The molecular formula is C22H24ClN5O3S. The van der Waals surface area contributed by atoms with Crippen molar-refractivity contribution in [2.24, 2.45) is 7.05 Å². The molecule has 0 bridgehead atoms. The number of rotatable bonds is 3. The van der Waals surface area contributed by atoms with Crippen molar-refractivity contribution in [1.82, 2.24) is 20.1 Å². The molecule has 3 aromatic rings. The number of hydrogen-bond acceptors (Lipinski definition) is 6. The molecule has 1 aliphatic heterocycles. The second-order valence-electron chi connectivity index (χ2n) is 8.52. The normalized spacial score (nSPS) is 15.8. The van der Waals surface area contributed by atoms with Crippen molar-refractivity contribution in [2.75, 3.05) is 11.1 Å². The standard InChI is InChI=1S/C22H24ClN5O3S/c1-22(2,3)31-21(30)27-17-6-8-32-18-10-12(15(23)9-13(17)18)20(29)26-16-5-7-24-19-14(16)11-25-28(19)4/h5,7,9-11,17H,6,8H2,1-4H3,(H,27,30)(H,24,26,29). The summed E-state index contributed by atoms with van der Waals surface area (Å²) in [5.41, 5.74) is 1.95. The maximum absolute atomic E-state index is 13.0. The van der Waals surface area contributed by atoms with Gasteiger partial charge in [-0.15, -0.1) is 11.8 Å². The number of pyridine rings is 1. The van der Waals surface area contributed by atoms with Crippen molar-refractivity contribution in [3.8, 4) is 0 Å². The maximum Gasteiger partial charge on any atom is 0.408 e. The van der Waals surface area contributed by atoms with Gasteiger partial charge in [0.15, 0.2) is 5.65 Å². The van der Waals surface area contributed by atoms with E-state index in [-0.39, 0.29) is 11.9 Å². The van der Waals surface area contributed by atoms with Crippen LogP contribution in [0.5, 0.6) is 0 Å². The Labute approximate surface area is 195 Å². The summed E-state index contributed by atoms with van der Waals surface area (Å²) in [6.45, 7) is 5.46. The Kier molecular flexibility index (Phi) is 6.05. The quantitative estimate of drug-likeness (QED) is 0.559. The fraction of sp³-hybridized carbons (Fsp3) is 0.364. The highest BCUT2D eigenvalue weighted by molar-refractivity contribution is 7.99. The van der Waals surface area contributed by atoms with Gasteiger partial charge in [0.1, 0.15) is 5.60 Å². The molecule has 32 heavy (non-hydrogen) atoms. The molecule has 10 heteroatoms. The first-order chi connectivity index (χ1) is 15.1. The SMILES string of the molecule is Cn1ncc2c(NC(=O)c3cc4c(cc3Cl)C(NC(=O)OC(C)(C)C)CCS4)ccnc21. The molecule has 0 saturated heterocycles. The number of anilines is 1. The van der Waals surface area contributed by atoms with Crippen LogP contribution in [0.2, 0.25) is 5.02 Å². The Morgan fingerprint density at radius 2 is 2.09 bits per heavy atom. The Morgan fingerprint density at radius 1 is 1.31 bits per heavy atom. The van der Waals surface area contributed by atoms with Crippen LogP contribution in [0.3, 0.4) is 0 Å². The van der Waals surface area contributed by atoms with Crippen molar-refractivity contribution >= 4 is 52.1 Å². The molecular weight excluding hydrogens is 450 g/mol. The highest BCUT2D eigenvalue weighted by atomic mass is 35.5. The first-order valence-electron chi connectivity index (χ1n) is 10.2. The summed E-state index contributed by atoms with van der Waals surface area (Å²) in [5, 5.41) is 11.1. The van der Waals surface area contributed by atoms with E-state index in [9.17, 15) is 9.59 Å². The number of amides is 2. The van der Waals surface area contributed by atoms with E-state index in [2.05, 4.69) is 20.7 Å². The minimum absolute atomic E-state index is 0.231. The zero-order valence-corrected chi connectivity index (χ0v) is 19.8. The number of aryl methyl sites for hydroxylation is 1. The van der Waals surface area contributed by atoms with Gasteiger partial charge in [-0.3, -0.25) is 9.48 Å². The third-order valence-electron chi connectivity index (χ3n) is 4.96. The summed E-state index contributed by atoms with van der Waals surface area (Å²) in [4.78, 5) is 30.5. The molecule has 4 rings (SSSR count). The van der Waals surface area contributed by atoms with Gasteiger partial charge in [0, 0.05) is 23.9 Å². The largest absolute Gasteiger partial charge is 0.444 e. The first-order valence-corrected chi connectivity index (χ1v) is 11.5. The molecule has 0 fully saturated rings. The first kappa shape index (κ1) is 22.4. The van der Waals surface area contributed by atoms with Crippen molar-refractivity contribution in [1.29, 1.82) is 0 Å². The maximum atomic E-state index is 13.0. The van der Waals surface area contributed by atoms with Gasteiger partial charge >= 0.3 is 6.09 Å². The summed E-state index contributed by atoms with van der Waals surface area (Å²) in [7, 11) is 1.79. The summed E-state index contributed by atoms with van der Waals surface area (Å²) in [5.74, 6) is 0.480. The van der Waals surface area contributed by atoms with Gasteiger partial charge < -0.3 is 15.4 Å². The lowest BCUT2D eigenvalue weighted by Gasteiger charge is -2.28. The molecule has 168 valence electrons. The van der Waals surface area contributed by atoms with Crippen LogP contribution in [0.4, 0.5) is 10.5 Å². The highest BCUT2D eigenvalue weighted by Gasteiger charge is 2.27. The zero-order valence-electron chi connectivity index (χ0n) is 18.2. The van der Waals surface area contributed by atoms with Crippen LogP contribution >= 0.6 is 23.4 Å². The predicted molar refractivity (Wildman–Crippen MR) is 125 cm³/mol. The van der Waals surface area contributed by atoms with E-state index in [1.807, 2.05) is 20.8 Å². The molecule has 2 amide bonds. The Bertz CT molecular complexity index is 1200. The number of halogens is 1. The molecule has 2 aromatic heterocycles. The van der Waals surface area contributed by atoms with Crippen LogP contribution < -0.4 is 10.6 Å². The number of thioether (sulfide) groups is 1. The molecule has 1 unspecified atom stereocenters. The monoisotopic (exact) mass is 473 g/mol. The number of carbonyl (C=O) groups is 2. The third kappa shape index (κ3) is 4.68. The Morgan fingerprint density at radius 3 is 2.84 bits per heavy atom. The minimum Gasteiger partial charge on any atom is -0.444 e. The number of nitrogens with zero attached hydrogens (tertiary/aromatic N) is 3. The van der Waals surface area contributed by atoms with Gasteiger partial charge in [0.05, 0.1) is 33.9 Å². The molecule has 0 radical (unpaired) electrons. The van der Waals surface area contributed by atoms with E-state index in [0.717, 1.165) is 28.0 Å². The average molecular weight is 474 g/mol. The second kappa shape index (κ2) is 8.63. The lowest BCUT2D eigenvalue weighted by Crippen LogP contribution is -2.36. The number of fused-ring (bicyclic) bond motifs is 2. The zero-order chi connectivity index (χ0) is 23.0. The molecule has 2 N–H and O–H groups in total. The Hall–Kier alpha value is -2.78. The number of aromatic nitrogens is 3. The molecule has 1 aromatic carbocycles. The van der Waals surface area contributed by atoms with E-state index in [1.165, 1.54) is 0 Å². The van der Waals surface area contributed by atoms with E-state index in [0.29, 0.717) is 21.9 Å². The second-order valence-corrected chi connectivity index (χ2v) is 10.1. The van der Waals surface area contributed by atoms with Crippen molar-refractivity contribution in [3.63, 3.8) is 0 Å². The van der Waals surface area contributed by atoms with Gasteiger partial charge in [-0.05, 0) is 51.0 Å². The fourth-order valence-electron chi connectivity index (χ4n) is 3.53. The van der Waals surface area contributed by atoms with Crippen LogP contribution in [0.15, 0.2) is 35.5 Å². The summed E-state index contributed by atoms with van der Waals surface area (Å²) in [6.07, 6.45) is 3.55. The van der Waals surface area contributed by atoms with Gasteiger partial charge in [0.2, 0.25) is 0 Å². The number of carbonyl (C=O) groups excluding carboxylic acids is 2. The van der Waals surface area contributed by atoms with Crippen molar-refractivity contribution in [3.05, 3.63) is 46.7 Å². The molecule has 1 aliphatic rings. The van der Waals surface area contributed by atoms with E-state index in [4.69, 9.17) is 16.3 Å². The van der Waals surface area contributed by atoms with Crippen LogP contribution in [-0.2, 0) is 11.8 Å². The average Bonchev–Trinajstić information content (AvgIpc) is 3.08. The minimum atomic E-state index is -0.581. The molecule has 0 spiro atoms. The number of ether oxygens (including phenoxy) is 1. The van der Waals surface area contributed by atoms with Gasteiger partial charge in [0.25, 0.3) is 5.91 Å². The highest BCUT2D eigenvalue weighted by Crippen LogP contribution is 2.39.